The number of nitrogens with zero attached hydrogens (tertiary/aromatic N) is 1. The summed E-state index contributed by atoms with van der Waals surface area (Å²) in [6.07, 6.45) is 9.99. The first-order valence-corrected chi connectivity index (χ1v) is 9.03. The molecule has 0 aromatic rings. The van der Waals surface area contributed by atoms with Gasteiger partial charge in [-0.3, -0.25) is 4.90 Å². The Hall–Kier alpha value is -0.315. The Morgan fingerprint density at radius 3 is 2.05 bits per heavy atom. The highest BCUT2D eigenvalue weighted by molar-refractivity contribution is 6.54. The van der Waals surface area contributed by atoms with E-state index in [9.17, 15) is 0 Å². The fraction of sp³-hybridized carbons (Fsp3) is 0.889. The zero-order valence-electron chi connectivity index (χ0n) is 15.1. The van der Waals surface area contributed by atoms with Crippen LogP contribution in [0.5, 0.6) is 0 Å². The van der Waals surface area contributed by atoms with E-state index in [4.69, 9.17) is 9.31 Å². The van der Waals surface area contributed by atoms with Crippen LogP contribution in [0.4, 0.5) is 0 Å². The summed E-state index contributed by atoms with van der Waals surface area (Å²) in [4.78, 5) is 2.72. The zero-order valence-corrected chi connectivity index (χ0v) is 15.1. The smallest absolute Gasteiger partial charge is 0.400 e. The molecule has 0 aromatic carbocycles. The molecule has 0 radical (unpaired) electrons. The highest BCUT2D eigenvalue weighted by atomic mass is 16.7. The van der Waals surface area contributed by atoms with Gasteiger partial charge in [-0.1, -0.05) is 12.5 Å². The normalized spacial score (nSPS) is 35.5. The van der Waals surface area contributed by atoms with Crippen LogP contribution in [0.1, 0.15) is 73.1 Å². The summed E-state index contributed by atoms with van der Waals surface area (Å²) >= 11 is 0. The minimum absolute atomic E-state index is 0.143. The molecule has 22 heavy (non-hydrogen) atoms. The molecule has 3 nitrogen and oxygen atoms in total. The minimum atomic E-state index is -0.230. The van der Waals surface area contributed by atoms with Gasteiger partial charge in [-0.15, -0.1) is 0 Å². The average Bonchev–Trinajstić information content (AvgIpc) is 2.69. The zero-order chi connectivity index (χ0) is 16.0. The van der Waals surface area contributed by atoms with Crippen LogP contribution < -0.4 is 0 Å². The molecule has 0 spiro atoms. The third kappa shape index (κ3) is 2.90. The molecule has 124 valence electrons. The van der Waals surface area contributed by atoms with Gasteiger partial charge in [-0.05, 0) is 85.3 Å². The van der Waals surface area contributed by atoms with Crippen molar-refractivity contribution in [2.24, 2.45) is 0 Å². The molecule has 0 amide bonds. The van der Waals surface area contributed by atoms with Gasteiger partial charge < -0.3 is 9.31 Å². The van der Waals surface area contributed by atoms with Crippen molar-refractivity contribution in [1.29, 1.82) is 0 Å². The fourth-order valence-electron chi connectivity index (χ4n) is 3.90. The molecular formula is C18H32BNO2. The van der Waals surface area contributed by atoms with Crippen LogP contribution in [-0.4, -0.2) is 41.8 Å². The Morgan fingerprint density at radius 2 is 1.55 bits per heavy atom. The van der Waals surface area contributed by atoms with Gasteiger partial charge in [0.05, 0.1) is 11.2 Å². The van der Waals surface area contributed by atoms with Crippen molar-refractivity contribution in [1.82, 2.24) is 4.90 Å². The number of piperidine rings is 1. The van der Waals surface area contributed by atoms with Crippen LogP contribution >= 0.6 is 0 Å². The molecule has 1 aliphatic carbocycles. The number of rotatable bonds is 2. The molecule has 0 saturated carbocycles. The summed E-state index contributed by atoms with van der Waals surface area (Å²) in [7, 11) is -0.143. The standard InChI is InChI=1S/C18H32BNO2/c1-16(2)17(3,4)22-19(21-16)15-9-11-18(5,12-10-15)20-13-7-6-8-14-20/h9H,6-8,10-14H2,1-5H3. The Morgan fingerprint density at radius 1 is 0.955 bits per heavy atom. The molecule has 1 atom stereocenters. The molecular weight excluding hydrogens is 273 g/mol. The maximum Gasteiger partial charge on any atom is 0.490 e. The number of allylic oxidation sites excluding steroid dienone is 1. The first kappa shape index (κ1) is 16.5. The summed E-state index contributed by atoms with van der Waals surface area (Å²) in [6.45, 7) is 13.5. The summed E-state index contributed by atoms with van der Waals surface area (Å²) in [5.41, 5.74) is 1.24. The van der Waals surface area contributed by atoms with Crippen molar-refractivity contribution < 1.29 is 9.31 Å². The lowest BCUT2D eigenvalue weighted by Gasteiger charge is -2.45. The topological polar surface area (TPSA) is 21.7 Å². The van der Waals surface area contributed by atoms with Crippen molar-refractivity contribution in [3.8, 4) is 0 Å². The predicted molar refractivity (Wildman–Crippen MR) is 91.8 cm³/mol. The third-order valence-corrected chi connectivity index (χ3v) is 6.43. The van der Waals surface area contributed by atoms with E-state index in [1.54, 1.807) is 0 Å². The van der Waals surface area contributed by atoms with Crippen LogP contribution in [-0.2, 0) is 9.31 Å². The van der Waals surface area contributed by atoms with Crippen LogP contribution in [0.2, 0.25) is 0 Å². The van der Waals surface area contributed by atoms with E-state index in [1.165, 1.54) is 44.2 Å². The number of hydrogen-bond donors (Lipinski definition) is 0. The van der Waals surface area contributed by atoms with E-state index in [1.807, 2.05) is 0 Å². The second-order valence-corrected chi connectivity index (χ2v) is 8.62. The predicted octanol–water partition coefficient (Wildman–Crippen LogP) is 3.97. The van der Waals surface area contributed by atoms with Crippen LogP contribution in [0.25, 0.3) is 0 Å². The van der Waals surface area contributed by atoms with Gasteiger partial charge in [0.2, 0.25) is 0 Å². The first-order chi connectivity index (χ1) is 10.2. The van der Waals surface area contributed by atoms with Gasteiger partial charge >= 0.3 is 7.12 Å². The summed E-state index contributed by atoms with van der Waals surface area (Å²) in [5, 5.41) is 0. The molecule has 3 aliphatic rings. The van der Waals surface area contributed by atoms with E-state index in [0.717, 1.165) is 12.8 Å². The lowest BCUT2D eigenvalue weighted by atomic mass is 9.68. The molecule has 1 unspecified atom stereocenters. The largest absolute Gasteiger partial charge is 0.490 e. The Bertz CT molecular complexity index is 438. The molecule has 2 aliphatic heterocycles. The van der Waals surface area contributed by atoms with Gasteiger partial charge in [-0.25, -0.2) is 0 Å². The lowest BCUT2D eigenvalue weighted by Crippen LogP contribution is -2.50. The summed E-state index contributed by atoms with van der Waals surface area (Å²) in [6, 6.07) is 0. The molecule has 2 fully saturated rings. The molecule has 2 saturated heterocycles. The van der Waals surface area contributed by atoms with E-state index >= 15 is 0 Å². The second kappa shape index (κ2) is 5.64. The summed E-state index contributed by atoms with van der Waals surface area (Å²) < 4.78 is 12.4. The average molecular weight is 305 g/mol. The van der Waals surface area contributed by atoms with E-state index in [-0.39, 0.29) is 18.3 Å². The van der Waals surface area contributed by atoms with Crippen molar-refractivity contribution in [3.63, 3.8) is 0 Å². The van der Waals surface area contributed by atoms with E-state index in [2.05, 4.69) is 45.6 Å². The van der Waals surface area contributed by atoms with Gasteiger partial charge in [0.1, 0.15) is 0 Å². The molecule has 0 aromatic heterocycles. The minimum Gasteiger partial charge on any atom is -0.400 e. The van der Waals surface area contributed by atoms with E-state index in [0.29, 0.717) is 5.54 Å². The molecule has 2 heterocycles. The molecule has 3 rings (SSSR count). The SMILES string of the molecule is CC1(N2CCCCC2)CC=C(B2OC(C)(C)C(C)(C)O2)CC1. The van der Waals surface area contributed by atoms with Crippen molar-refractivity contribution in [3.05, 3.63) is 11.5 Å². The van der Waals surface area contributed by atoms with Crippen molar-refractivity contribution in [2.75, 3.05) is 13.1 Å². The Labute approximate surface area is 136 Å². The summed E-state index contributed by atoms with van der Waals surface area (Å²) in [5.74, 6) is 0. The maximum atomic E-state index is 6.21. The maximum absolute atomic E-state index is 6.21. The number of hydrogen-bond acceptors (Lipinski definition) is 3. The molecule has 0 bridgehead atoms. The van der Waals surface area contributed by atoms with Gasteiger partial charge in [0, 0.05) is 5.54 Å². The third-order valence-electron chi connectivity index (χ3n) is 6.43. The second-order valence-electron chi connectivity index (χ2n) is 8.62. The highest BCUT2D eigenvalue weighted by Gasteiger charge is 2.52. The van der Waals surface area contributed by atoms with Crippen molar-refractivity contribution >= 4 is 7.12 Å². The first-order valence-electron chi connectivity index (χ1n) is 9.03. The van der Waals surface area contributed by atoms with Crippen LogP contribution in [0.3, 0.4) is 0 Å². The lowest BCUT2D eigenvalue weighted by molar-refractivity contribution is 0.00578. The molecule has 4 heteroatoms. The Kier molecular flexibility index (Phi) is 4.24. The fourth-order valence-corrected chi connectivity index (χ4v) is 3.90. The monoisotopic (exact) mass is 305 g/mol. The quantitative estimate of drug-likeness (QED) is 0.721. The molecule has 0 N–H and O–H groups in total. The Balaban J connectivity index is 1.67. The van der Waals surface area contributed by atoms with Gasteiger partial charge in [0.15, 0.2) is 0 Å². The van der Waals surface area contributed by atoms with Crippen LogP contribution in [0.15, 0.2) is 11.5 Å². The van der Waals surface area contributed by atoms with Crippen molar-refractivity contribution in [2.45, 2.75) is 89.9 Å². The van der Waals surface area contributed by atoms with Gasteiger partial charge in [-0.2, -0.15) is 0 Å². The van der Waals surface area contributed by atoms with Crippen LogP contribution in [0, 0.1) is 0 Å². The number of likely N-dealkylation sites (tertiary alicyclic amines) is 1. The highest BCUT2D eigenvalue weighted by Crippen LogP contribution is 2.42. The van der Waals surface area contributed by atoms with Gasteiger partial charge in [0.25, 0.3) is 0 Å². The van der Waals surface area contributed by atoms with E-state index < -0.39 is 0 Å².